The van der Waals surface area contributed by atoms with Crippen LogP contribution in [0.25, 0.3) is 0 Å². The molecule has 1 saturated carbocycles. The van der Waals surface area contributed by atoms with Crippen molar-refractivity contribution >= 4 is 17.5 Å². The predicted molar refractivity (Wildman–Crippen MR) is 73.9 cm³/mol. The highest BCUT2D eigenvalue weighted by Crippen LogP contribution is 2.34. The molecule has 6 heteroatoms. The van der Waals surface area contributed by atoms with E-state index in [0.29, 0.717) is 12.5 Å². The van der Waals surface area contributed by atoms with Crippen LogP contribution in [0.1, 0.15) is 23.2 Å². The number of benzene rings is 1. The molecule has 1 aromatic carbocycles. The average Bonchev–Trinajstić information content (AvgIpc) is 3.20. The van der Waals surface area contributed by atoms with E-state index in [1.54, 1.807) is 0 Å². The third kappa shape index (κ3) is 3.27. The van der Waals surface area contributed by atoms with Gasteiger partial charge >= 0.3 is 0 Å². The Kier molecular flexibility index (Phi) is 4.60. The zero-order chi connectivity index (χ0) is 14.9. The highest BCUT2D eigenvalue weighted by Gasteiger charge is 2.32. The van der Waals surface area contributed by atoms with E-state index in [1.165, 1.54) is 0 Å². The molecule has 0 radical (unpaired) electrons. The Morgan fingerprint density at radius 1 is 1.45 bits per heavy atom. The van der Waals surface area contributed by atoms with E-state index < -0.39 is 22.6 Å². The van der Waals surface area contributed by atoms with Crippen LogP contribution in [0.4, 0.5) is 8.78 Å². The number of carbonyl (C=O) groups is 1. The fourth-order valence-electron chi connectivity index (χ4n) is 2.25. The fourth-order valence-corrected chi connectivity index (χ4v) is 2.41. The van der Waals surface area contributed by atoms with E-state index in [1.807, 2.05) is 19.0 Å². The minimum atomic E-state index is -1.02. The highest BCUT2D eigenvalue weighted by molar-refractivity contribution is 6.31. The van der Waals surface area contributed by atoms with E-state index in [4.69, 9.17) is 11.6 Å². The number of halogens is 3. The second-order valence-corrected chi connectivity index (χ2v) is 5.68. The molecule has 0 unspecified atom stereocenters. The molecule has 0 aliphatic heterocycles. The summed E-state index contributed by atoms with van der Waals surface area (Å²) in [5.74, 6) is -1.88. The van der Waals surface area contributed by atoms with Gasteiger partial charge in [0, 0.05) is 12.6 Å². The molecule has 1 aliphatic rings. The lowest BCUT2D eigenvalue weighted by Crippen LogP contribution is -2.41. The molecule has 0 bridgehead atoms. The standard InChI is InChI=1S/C14H17ClF2N2O/c1-19(2)11(8-3-4-8)7-18-14(20)9-5-6-10(16)12(15)13(9)17/h5-6,8,11H,3-4,7H2,1-2H3,(H,18,20)/t11-/m1/s1. The normalized spacial score (nSPS) is 16.3. The van der Waals surface area contributed by atoms with E-state index in [2.05, 4.69) is 5.32 Å². The summed E-state index contributed by atoms with van der Waals surface area (Å²) < 4.78 is 26.8. The van der Waals surface area contributed by atoms with Crippen molar-refractivity contribution in [2.45, 2.75) is 18.9 Å². The van der Waals surface area contributed by atoms with E-state index in [0.717, 1.165) is 25.0 Å². The van der Waals surface area contributed by atoms with E-state index in [9.17, 15) is 13.6 Å². The van der Waals surface area contributed by atoms with Gasteiger partial charge in [0.1, 0.15) is 10.8 Å². The Morgan fingerprint density at radius 3 is 2.65 bits per heavy atom. The van der Waals surface area contributed by atoms with Gasteiger partial charge in [0.2, 0.25) is 0 Å². The van der Waals surface area contributed by atoms with Crippen molar-refractivity contribution in [2.24, 2.45) is 5.92 Å². The quantitative estimate of drug-likeness (QED) is 0.848. The van der Waals surface area contributed by atoms with Crippen molar-refractivity contribution in [1.29, 1.82) is 0 Å². The summed E-state index contributed by atoms with van der Waals surface area (Å²) in [5, 5.41) is 2.04. The Bertz CT molecular complexity index is 516. The van der Waals surface area contributed by atoms with Gasteiger partial charge in [0.15, 0.2) is 5.82 Å². The second kappa shape index (κ2) is 6.06. The van der Waals surface area contributed by atoms with Crippen molar-refractivity contribution in [1.82, 2.24) is 10.2 Å². The van der Waals surface area contributed by atoms with Crippen LogP contribution >= 0.6 is 11.6 Å². The van der Waals surface area contributed by atoms with Gasteiger partial charge in [-0.25, -0.2) is 8.78 Å². The Labute approximate surface area is 121 Å². The number of nitrogens with one attached hydrogen (secondary N) is 1. The molecule has 0 heterocycles. The summed E-state index contributed by atoms with van der Waals surface area (Å²) in [6.07, 6.45) is 2.30. The number of hydrogen-bond acceptors (Lipinski definition) is 2. The Hall–Kier alpha value is -1.20. The van der Waals surface area contributed by atoms with Gasteiger partial charge in [-0.05, 0) is 45.0 Å². The van der Waals surface area contributed by atoms with Crippen molar-refractivity contribution in [3.05, 3.63) is 34.4 Å². The second-order valence-electron chi connectivity index (χ2n) is 5.30. The van der Waals surface area contributed by atoms with Crippen molar-refractivity contribution in [3.63, 3.8) is 0 Å². The zero-order valence-corrected chi connectivity index (χ0v) is 12.2. The van der Waals surface area contributed by atoms with Gasteiger partial charge in [-0.1, -0.05) is 11.6 Å². The number of amides is 1. The summed E-state index contributed by atoms with van der Waals surface area (Å²) in [7, 11) is 3.90. The lowest BCUT2D eigenvalue weighted by atomic mass is 10.1. The lowest BCUT2D eigenvalue weighted by molar-refractivity contribution is 0.0934. The van der Waals surface area contributed by atoms with Crippen LogP contribution in [0.2, 0.25) is 5.02 Å². The summed E-state index contributed by atoms with van der Waals surface area (Å²) >= 11 is 5.46. The first-order valence-electron chi connectivity index (χ1n) is 6.50. The van der Waals surface area contributed by atoms with Gasteiger partial charge in [-0.2, -0.15) is 0 Å². The van der Waals surface area contributed by atoms with Gasteiger partial charge in [-0.3, -0.25) is 4.79 Å². The number of nitrogens with zero attached hydrogens (tertiary/aromatic N) is 1. The summed E-state index contributed by atoms with van der Waals surface area (Å²) in [5.41, 5.74) is -0.232. The maximum atomic E-state index is 13.7. The molecule has 0 saturated heterocycles. The summed E-state index contributed by atoms with van der Waals surface area (Å²) in [6, 6.07) is 2.33. The van der Waals surface area contributed by atoms with Crippen molar-refractivity contribution < 1.29 is 13.6 Å². The van der Waals surface area contributed by atoms with Crippen LogP contribution in [0, 0.1) is 17.6 Å². The molecule has 0 aromatic heterocycles. The number of carbonyl (C=O) groups excluding carboxylic acids is 1. The smallest absolute Gasteiger partial charge is 0.254 e. The highest BCUT2D eigenvalue weighted by atomic mass is 35.5. The minimum Gasteiger partial charge on any atom is -0.350 e. The predicted octanol–water partition coefficient (Wildman–Crippen LogP) is 2.69. The van der Waals surface area contributed by atoms with Crippen LogP contribution in [0.15, 0.2) is 12.1 Å². The van der Waals surface area contributed by atoms with E-state index in [-0.39, 0.29) is 11.6 Å². The number of likely N-dealkylation sites (N-methyl/N-ethyl adjacent to an activating group) is 1. The third-order valence-corrected chi connectivity index (χ3v) is 3.93. The first-order chi connectivity index (χ1) is 9.41. The van der Waals surface area contributed by atoms with Crippen LogP contribution in [0.5, 0.6) is 0 Å². The molecule has 1 aromatic rings. The number of rotatable bonds is 5. The first-order valence-corrected chi connectivity index (χ1v) is 6.87. The van der Waals surface area contributed by atoms with Gasteiger partial charge < -0.3 is 10.2 Å². The maximum absolute atomic E-state index is 13.7. The van der Waals surface area contributed by atoms with Gasteiger partial charge in [-0.15, -0.1) is 0 Å². The minimum absolute atomic E-state index is 0.232. The van der Waals surface area contributed by atoms with Crippen LogP contribution in [-0.4, -0.2) is 37.5 Å². The monoisotopic (exact) mass is 302 g/mol. The van der Waals surface area contributed by atoms with Crippen LogP contribution in [0.3, 0.4) is 0 Å². The Balaban J connectivity index is 2.03. The van der Waals surface area contributed by atoms with Crippen molar-refractivity contribution in [3.8, 4) is 0 Å². The molecular weight excluding hydrogens is 286 g/mol. The van der Waals surface area contributed by atoms with E-state index >= 15 is 0 Å². The molecule has 0 spiro atoms. The maximum Gasteiger partial charge on any atom is 0.254 e. The number of hydrogen-bond donors (Lipinski definition) is 1. The van der Waals surface area contributed by atoms with Crippen molar-refractivity contribution in [2.75, 3.05) is 20.6 Å². The molecule has 1 N–H and O–H groups in total. The van der Waals surface area contributed by atoms with Crippen LogP contribution < -0.4 is 5.32 Å². The largest absolute Gasteiger partial charge is 0.350 e. The molecule has 2 rings (SSSR count). The average molecular weight is 303 g/mol. The molecule has 110 valence electrons. The molecule has 1 amide bonds. The van der Waals surface area contributed by atoms with Crippen LogP contribution in [-0.2, 0) is 0 Å². The molecule has 3 nitrogen and oxygen atoms in total. The molecule has 20 heavy (non-hydrogen) atoms. The zero-order valence-electron chi connectivity index (χ0n) is 11.4. The first kappa shape index (κ1) is 15.2. The molecule has 1 atom stereocenters. The summed E-state index contributed by atoms with van der Waals surface area (Å²) in [6.45, 7) is 0.435. The molecular formula is C14H17ClF2N2O. The van der Waals surface area contributed by atoms with Gasteiger partial charge in [0.05, 0.1) is 5.56 Å². The summed E-state index contributed by atoms with van der Waals surface area (Å²) in [4.78, 5) is 14.0. The third-order valence-electron chi connectivity index (χ3n) is 3.58. The lowest BCUT2D eigenvalue weighted by Gasteiger charge is -2.24. The molecule has 1 fully saturated rings. The molecule has 1 aliphatic carbocycles. The Morgan fingerprint density at radius 2 is 2.10 bits per heavy atom. The SMILES string of the molecule is CN(C)[C@H](CNC(=O)c1ccc(F)c(Cl)c1F)C1CC1. The topological polar surface area (TPSA) is 32.3 Å². The fraction of sp³-hybridized carbons (Fsp3) is 0.500. The van der Waals surface area contributed by atoms with Gasteiger partial charge in [0.25, 0.3) is 5.91 Å².